The van der Waals surface area contributed by atoms with Crippen molar-refractivity contribution in [2.75, 3.05) is 0 Å². The van der Waals surface area contributed by atoms with Crippen LogP contribution in [0.4, 0.5) is 0 Å². The molecule has 0 atom stereocenters. The van der Waals surface area contributed by atoms with Crippen LogP contribution in [0.3, 0.4) is 0 Å². The normalized spacial score (nSPS) is 11.5. The molecule has 0 saturated carbocycles. The number of aryl methyl sites for hydroxylation is 3. The van der Waals surface area contributed by atoms with Crippen molar-refractivity contribution in [3.05, 3.63) is 132 Å². The van der Waals surface area contributed by atoms with E-state index in [2.05, 4.69) is 118 Å². The smallest absolute Gasteiger partial charge is 0.0718 e. The third-order valence-electron chi connectivity index (χ3n) is 7.70. The lowest BCUT2D eigenvalue weighted by Gasteiger charge is -2.15. The fraction of sp³-hybridized carbons (Fsp3) is 0.211. The average molecular weight is 521 g/mol. The van der Waals surface area contributed by atoms with Crippen LogP contribution >= 0.6 is 0 Å². The minimum atomic E-state index is 0.578. The Morgan fingerprint density at radius 1 is 0.675 bits per heavy atom. The van der Waals surface area contributed by atoms with Crippen molar-refractivity contribution in [3.8, 4) is 22.5 Å². The van der Waals surface area contributed by atoms with Crippen molar-refractivity contribution in [1.82, 2.24) is 9.97 Å². The zero-order chi connectivity index (χ0) is 27.5. The number of pyridine rings is 2. The van der Waals surface area contributed by atoms with Gasteiger partial charge in [-0.2, -0.15) is 0 Å². The van der Waals surface area contributed by atoms with Crippen LogP contribution < -0.4 is 0 Å². The Kier molecular flexibility index (Phi) is 7.42. The molecule has 6 aromatic rings. The van der Waals surface area contributed by atoms with Crippen LogP contribution in [0.1, 0.15) is 42.5 Å². The molecule has 0 bridgehead atoms. The van der Waals surface area contributed by atoms with Gasteiger partial charge in [-0.3, -0.25) is 4.98 Å². The molecule has 4 aromatic carbocycles. The molecule has 0 radical (unpaired) electrons. The summed E-state index contributed by atoms with van der Waals surface area (Å²) in [6, 6.07) is 37.2. The molecule has 40 heavy (non-hydrogen) atoms. The van der Waals surface area contributed by atoms with E-state index in [1.165, 1.54) is 44.0 Å². The van der Waals surface area contributed by atoms with Crippen molar-refractivity contribution in [2.24, 2.45) is 5.92 Å². The summed E-state index contributed by atoms with van der Waals surface area (Å²) >= 11 is 0. The summed E-state index contributed by atoms with van der Waals surface area (Å²) in [5.41, 5.74) is 10.9. The van der Waals surface area contributed by atoms with Crippen LogP contribution in [0.25, 0.3) is 44.2 Å². The molecule has 2 heterocycles. The van der Waals surface area contributed by atoms with Gasteiger partial charge in [0.05, 0.1) is 16.9 Å². The second kappa shape index (κ2) is 11.4. The van der Waals surface area contributed by atoms with Gasteiger partial charge in [-0.25, -0.2) is 4.98 Å². The predicted octanol–water partition coefficient (Wildman–Crippen LogP) is 9.80. The Labute approximate surface area is 237 Å². The molecule has 198 valence electrons. The summed E-state index contributed by atoms with van der Waals surface area (Å²) in [7, 11) is 0. The van der Waals surface area contributed by atoms with Crippen LogP contribution in [0.5, 0.6) is 0 Å². The molecule has 0 N–H and O–H groups in total. The second-order valence-electron chi connectivity index (χ2n) is 11.4. The van der Waals surface area contributed by atoms with Crippen molar-refractivity contribution in [3.63, 3.8) is 0 Å². The number of nitrogens with zero attached hydrogens (tertiary/aromatic N) is 2. The lowest BCUT2D eigenvalue weighted by molar-refractivity contribution is 0.650. The molecule has 0 saturated heterocycles. The molecule has 2 aromatic heterocycles. The van der Waals surface area contributed by atoms with Gasteiger partial charge in [0, 0.05) is 22.7 Å². The van der Waals surface area contributed by atoms with E-state index in [0.29, 0.717) is 5.92 Å². The molecule has 0 aliphatic heterocycles. The fourth-order valence-electron chi connectivity index (χ4n) is 5.77. The number of hydrogen-bond donors (Lipinski definition) is 0. The van der Waals surface area contributed by atoms with Gasteiger partial charge in [0.2, 0.25) is 0 Å². The molecule has 6 rings (SSSR count). The maximum atomic E-state index is 5.26. The Bertz CT molecular complexity index is 1770. The van der Waals surface area contributed by atoms with Crippen molar-refractivity contribution in [1.29, 1.82) is 0 Å². The van der Waals surface area contributed by atoms with Gasteiger partial charge in [-0.05, 0) is 95.8 Å². The van der Waals surface area contributed by atoms with Gasteiger partial charge in [-0.15, -0.1) is 0 Å². The van der Waals surface area contributed by atoms with Crippen LogP contribution in [-0.2, 0) is 19.3 Å². The van der Waals surface area contributed by atoms with Gasteiger partial charge >= 0.3 is 0 Å². The lowest BCUT2D eigenvalue weighted by Crippen LogP contribution is -1.99. The Hall–Kier alpha value is -4.30. The highest BCUT2D eigenvalue weighted by Gasteiger charge is 2.13. The van der Waals surface area contributed by atoms with Crippen LogP contribution in [0.2, 0.25) is 0 Å². The Balaban J connectivity index is 1.27. The third-order valence-corrected chi connectivity index (χ3v) is 7.70. The van der Waals surface area contributed by atoms with Crippen LogP contribution in [0, 0.1) is 12.8 Å². The summed E-state index contributed by atoms with van der Waals surface area (Å²) in [6.45, 7) is 6.77. The first-order chi connectivity index (χ1) is 19.5. The van der Waals surface area contributed by atoms with Gasteiger partial charge < -0.3 is 0 Å². The second-order valence-corrected chi connectivity index (χ2v) is 11.4. The number of aromatic nitrogens is 2. The van der Waals surface area contributed by atoms with Gasteiger partial charge in [0.25, 0.3) is 0 Å². The van der Waals surface area contributed by atoms with Crippen molar-refractivity contribution >= 4 is 21.7 Å². The predicted molar refractivity (Wildman–Crippen MR) is 170 cm³/mol. The first-order valence-electron chi connectivity index (χ1n) is 14.5. The minimum absolute atomic E-state index is 0.578. The maximum Gasteiger partial charge on any atom is 0.0718 e. The average Bonchev–Trinajstić information content (AvgIpc) is 2.97. The summed E-state index contributed by atoms with van der Waals surface area (Å²) in [6.07, 6.45) is 6.19. The van der Waals surface area contributed by atoms with Crippen LogP contribution in [-0.4, -0.2) is 9.97 Å². The molecule has 0 aliphatic carbocycles. The Morgan fingerprint density at radius 2 is 1.45 bits per heavy atom. The standard InChI is InChI=1S/C38H36N2/c1-26(2)20-32-24-38(35-22-27(3)21-31-14-7-8-15-33(31)35)40-37-23-28(16-18-34(32)37)10-9-11-29-17-19-36(39-25-29)30-12-5-4-6-13-30/h4-8,12-19,21-26H,9-11,20H2,1-3H3. The first kappa shape index (κ1) is 26.0. The van der Waals surface area contributed by atoms with Crippen molar-refractivity contribution in [2.45, 2.75) is 46.5 Å². The van der Waals surface area contributed by atoms with Gasteiger partial charge in [0.15, 0.2) is 0 Å². The Morgan fingerprint density at radius 3 is 2.25 bits per heavy atom. The van der Waals surface area contributed by atoms with E-state index in [1.54, 1.807) is 0 Å². The van der Waals surface area contributed by atoms with E-state index in [1.807, 2.05) is 12.3 Å². The molecule has 0 amide bonds. The van der Waals surface area contributed by atoms with Crippen LogP contribution in [0.15, 0.2) is 109 Å². The molecule has 0 spiro atoms. The monoisotopic (exact) mass is 520 g/mol. The van der Waals surface area contributed by atoms with E-state index in [9.17, 15) is 0 Å². The molecule has 0 unspecified atom stereocenters. The van der Waals surface area contributed by atoms with E-state index in [0.717, 1.165) is 48.2 Å². The first-order valence-corrected chi connectivity index (χ1v) is 14.5. The number of fused-ring (bicyclic) bond motifs is 2. The summed E-state index contributed by atoms with van der Waals surface area (Å²) in [5, 5.41) is 3.81. The highest BCUT2D eigenvalue weighted by atomic mass is 14.7. The van der Waals surface area contributed by atoms with E-state index < -0.39 is 0 Å². The zero-order valence-corrected chi connectivity index (χ0v) is 23.7. The topological polar surface area (TPSA) is 25.8 Å². The number of benzene rings is 4. The lowest BCUT2D eigenvalue weighted by atomic mass is 9.93. The molecule has 2 nitrogen and oxygen atoms in total. The molecule has 0 aliphatic rings. The highest BCUT2D eigenvalue weighted by molar-refractivity contribution is 5.98. The largest absolute Gasteiger partial charge is 0.256 e. The molecule has 2 heteroatoms. The zero-order valence-electron chi connectivity index (χ0n) is 23.7. The number of hydrogen-bond acceptors (Lipinski definition) is 2. The fourth-order valence-corrected chi connectivity index (χ4v) is 5.77. The highest BCUT2D eigenvalue weighted by Crippen LogP contribution is 2.33. The van der Waals surface area contributed by atoms with E-state index >= 15 is 0 Å². The van der Waals surface area contributed by atoms with E-state index in [4.69, 9.17) is 9.97 Å². The van der Waals surface area contributed by atoms with Gasteiger partial charge in [-0.1, -0.05) is 92.7 Å². The molecule has 0 fully saturated rings. The molecular formula is C38H36N2. The SMILES string of the molecule is Cc1cc(-c2cc(CC(C)C)c3ccc(CCCc4ccc(-c5ccccc5)nc4)cc3n2)c2ccccc2c1. The molecular weight excluding hydrogens is 484 g/mol. The summed E-state index contributed by atoms with van der Waals surface area (Å²) < 4.78 is 0. The summed E-state index contributed by atoms with van der Waals surface area (Å²) in [4.78, 5) is 9.97. The summed E-state index contributed by atoms with van der Waals surface area (Å²) in [5.74, 6) is 0.578. The van der Waals surface area contributed by atoms with Crippen molar-refractivity contribution < 1.29 is 0 Å². The maximum absolute atomic E-state index is 5.26. The van der Waals surface area contributed by atoms with E-state index in [-0.39, 0.29) is 0 Å². The third kappa shape index (κ3) is 5.67. The quantitative estimate of drug-likeness (QED) is 0.200. The van der Waals surface area contributed by atoms with Gasteiger partial charge in [0.1, 0.15) is 0 Å². The minimum Gasteiger partial charge on any atom is -0.256 e. The number of rotatable bonds is 8.